The average Bonchev–Trinajstić information content (AvgIpc) is 3.10. The van der Waals surface area contributed by atoms with Crippen LogP contribution in [0, 0.1) is 6.92 Å². The molecule has 0 amide bonds. The molecule has 0 bridgehead atoms. The third-order valence-electron chi connectivity index (χ3n) is 5.12. The molecule has 34 heavy (non-hydrogen) atoms. The predicted octanol–water partition coefficient (Wildman–Crippen LogP) is 4.13. The van der Waals surface area contributed by atoms with Crippen molar-refractivity contribution in [3.05, 3.63) is 79.5 Å². The van der Waals surface area contributed by atoms with E-state index in [1.54, 1.807) is 12.1 Å². The first-order chi connectivity index (χ1) is 15.9. The molecule has 2 aromatic heterocycles. The second-order valence-corrected chi connectivity index (χ2v) is 7.97. The van der Waals surface area contributed by atoms with Gasteiger partial charge in [-0.15, -0.1) is 13.2 Å². The summed E-state index contributed by atoms with van der Waals surface area (Å²) < 4.78 is 51.1. The Hall–Kier alpha value is -3.73. The molecule has 0 saturated heterocycles. The van der Waals surface area contributed by atoms with Gasteiger partial charge in [0.05, 0.1) is 6.54 Å². The Bertz CT molecular complexity index is 1520. The van der Waals surface area contributed by atoms with Crippen LogP contribution >= 0.6 is 11.6 Å². The number of fused-ring (bicyclic) bond motifs is 1. The highest BCUT2D eigenvalue weighted by atomic mass is 35.5. The Labute approximate surface area is 195 Å². The zero-order valence-corrected chi connectivity index (χ0v) is 18.9. The van der Waals surface area contributed by atoms with Gasteiger partial charge in [-0.05, 0) is 36.2 Å². The van der Waals surface area contributed by atoms with Crippen LogP contribution in [0.25, 0.3) is 11.2 Å². The molecule has 0 spiro atoms. The lowest BCUT2D eigenvalue weighted by Crippen LogP contribution is -2.37. The minimum Gasteiger partial charge on any atom is -0.425 e. The van der Waals surface area contributed by atoms with Gasteiger partial charge < -0.3 is 9.47 Å². The first-order valence-corrected chi connectivity index (χ1v) is 10.3. The number of benzene rings is 2. The molecule has 0 radical (unpaired) electrons. The largest absolute Gasteiger partial charge is 0.573 e. The zero-order chi connectivity index (χ0) is 24.8. The van der Waals surface area contributed by atoms with Gasteiger partial charge in [0, 0.05) is 25.2 Å². The van der Waals surface area contributed by atoms with E-state index in [4.69, 9.17) is 16.3 Å². The number of ether oxygens (including phenoxy) is 2. The molecule has 8 nitrogen and oxygen atoms in total. The highest BCUT2D eigenvalue weighted by molar-refractivity contribution is 6.31. The standard InChI is InChI=1S/C22H18ClF3N4O4/c1-12-9-13(7-8-16(12)23)11-30-17-18(28(2)21(32)29(3)19(17)31)27-20(30)33-14-5-4-6-15(10-14)34-22(24,25)26/h4-10H,11H2,1-3H3. The van der Waals surface area contributed by atoms with Crippen molar-refractivity contribution >= 4 is 22.8 Å². The molecule has 12 heteroatoms. The van der Waals surface area contributed by atoms with Crippen LogP contribution in [0.5, 0.6) is 17.5 Å². The second kappa shape index (κ2) is 8.56. The Morgan fingerprint density at radius 3 is 2.41 bits per heavy atom. The summed E-state index contributed by atoms with van der Waals surface area (Å²) in [6.07, 6.45) is -4.87. The molecular formula is C22H18ClF3N4O4. The lowest BCUT2D eigenvalue weighted by Gasteiger charge is -2.12. The molecule has 4 rings (SSSR count). The molecule has 2 aromatic carbocycles. The second-order valence-electron chi connectivity index (χ2n) is 7.57. The van der Waals surface area contributed by atoms with Crippen LogP contribution in [0.3, 0.4) is 0 Å². The minimum absolute atomic E-state index is 0.00702. The van der Waals surface area contributed by atoms with Gasteiger partial charge in [-0.25, -0.2) is 4.79 Å². The predicted molar refractivity (Wildman–Crippen MR) is 119 cm³/mol. The maximum absolute atomic E-state index is 13.0. The molecule has 0 atom stereocenters. The highest BCUT2D eigenvalue weighted by Crippen LogP contribution is 2.30. The van der Waals surface area contributed by atoms with Gasteiger partial charge in [-0.1, -0.05) is 29.8 Å². The molecule has 0 aliphatic carbocycles. The fourth-order valence-electron chi connectivity index (χ4n) is 3.48. The molecule has 0 N–H and O–H groups in total. The fourth-order valence-corrected chi connectivity index (χ4v) is 3.60. The van der Waals surface area contributed by atoms with Crippen LogP contribution in [-0.2, 0) is 20.6 Å². The summed E-state index contributed by atoms with van der Waals surface area (Å²) in [6, 6.07) is 10.1. The van der Waals surface area contributed by atoms with Gasteiger partial charge in [-0.3, -0.25) is 18.5 Å². The number of hydrogen-bond acceptors (Lipinski definition) is 5. The summed E-state index contributed by atoms with van der Waals surface area (Å²) in [4.78, 5) is 29.7. The van der Waals surface area contributed by atoms with E-state index in [0.29, 0.717) is 5.02 Å². The maximum atomic E-state index is 13.0. The van der Waals surface area contributed by atoms with Crippen LogP contribution < -0.4 is 20.7 Å². The number of aromatic nitrogens is 4. The molecule has 0 unspecified atom stereocenters. The monoisotopic (exact) mass is 494 g/mol. The van der Waals surface area contributed by atoms with Gasteiger partial charge >= 0.3 is 18.1 Å². The van der Waals surface area contributed by atoms with Crippen molar-refractivity contribution in [2.45, 2.75) is 19.8 Å². The Morgan fingerprint density at radius 1 is 1.03 bits per heavy atom. The molecule has 2 heterocycles. The third kappa shape index (κ3) is 4.51. The van der Waals surface area contributed by atoms with Gasteiger partial charge in [0.1, 0.15) is 11.5 Å². The third-order valence-corrected chi connectivity index (χ3v) is 5.55. The Morgan fingerprint density at radius 2 is 1.74 bits per heavy atom. The van der Waals surface area contributed by atoms with Crippen molar-refractivity contribution in [3.63, 3.8) is 0 Å². The van der Waals surface area contributed by atoms with Crippen molar-refractivity contribution in [1.82, 2.24) is 18.7 Å². The van der Waals surface area contributed by atoms with Crippen molar-refractivity contribution in [2.75, 3.05) is 0 Å². The molecule has 0 aliphatic rings. The van der Waals surface area contributed by atoms with E-state index in [1.165, 1.54) is 35.4 Å². The van der Waals surface area contributed by atoms with Crippen molar-refractivity contribution in [2.24, 2.45) is 14.1 Å². The lowest BCUT2D eigenvalue weighted by molar-refractivity contribution is -0.274. The Balaban J connectivity index is 1.87. The van der Waals surface area contributed by atoms with Gasteiger partial charge in [0.2, 0.25) is 0 Å². The number of imidazole rings is 1. The highest BCUT2D eigenvalue weighted by Gasteiger charge is 2.31. The van der Waals surface area contributed by atoms with Crippen LogP contribution in [0.2, 0.25) is 5.02 Å². The van der Waals surface area contributed by atoms with E-state index in [-0.39, 0.29) is 29.5 Å². The number of nitrogens with zero attached hydrogens (tertiary/aromatic N) is 4. The van der Waals surface area contributed by atoms with Crippen LogP contribution in [0.4, 0.5) is 13.2 Å². The summed E-state index contributed by atoms with van der Waals surface area (Å²) in [5.74, 6) is -0.489. The smallest absolute Gasteiger partial charge is 0.425 e. The summed E-state index contributed by atoms with van der Waals surface area (Å²) in [5.41, 5.74) is 0.544. The number of rotatable bonds is 5. The molecular weight excluding hydrogens is 477 g/mol. The van der Waals surface area contributed by atoms with Crippen molar-refractivity contribution in [3.8, 4) is 17.5 Å². The molecule has 0 saturated carbocycles. The molecule has 0 fully saturated rings. The summed E-state index contributed by atoms with van der Waals surface area (Å²) in [7, 11) is 2.79. The first-order valence-electron chi connectivity index (χ1n) is 9.89. The number of alkyl halides is 3. The summed E-state index contributed by atoms with van der Waals surface area (Å²) in [5, 5.41) is 0.565. The van der Waals surface area contributed by atoms with Gasteiger partial charge in [0.25, 0.3) is 5.56 Å². The Kier molecular flexibility index (Phi) is 5.90. The number of hydrogen-bond donors (Lipinski definition) is 0. The van der Waals surface area contributed by atoms with Gasteiger partial charge in [-0.2, -0.15) is 4.98 Å². The van der Waals surface area contributed by atoms with E-state index in [0.717, 1.165) is 27.8 Å². The fraction of sp³-hybridized carbons (Fsp3) is 0.227. The topological polar surface area (TPSA) is 80.3 Å². The van der Waals surface area contributed by atoms with E-state index < -0.39 is 23.4 Å². The van der Waals surface area contributed by atoms with E-state index in [9.17, 15) is 22.8 Å². The molecule has 178 valence electrons. The SMILES string of the molecule is Cc1cc(Cn2c(Oc3cccc(OC(F)(F)F)c3)nc3c2c(=O)n(C)c(=O)n3C)ccc1Cl. The van der Waals surface area contributed by atoms with E-state index in [1.807, 2.05) is 13.0 Å². The minimum atomic E-state index is -4.87. The molecule has 4 aromatic rings. The number of halogens is 4. The quantitative estimate of drug-likeness (QED) is 0.417. The van der Waals surface area contributed by atoms with Gasteiger partial charge in [0.15, 0.2) is 11.2 Å². The summed E-state index contributed by atoms with van der Waals surface area (Å²) in [6.45, 7) is 1.94. The van der Waals surface area contributed by atoms with Crippen molar-refractivity contribution < 1.29 is 22.6 Å². The zero-order valence-electron chi connectivity index (χ0n) is 18.2. The number of aryl methyl sites for hydroxylation is 2. The van der Waals surface area contributed by atoms with Crippen LogP contribution in [0.15, 0.2) is 52.1 Å². The maximum Gasteiger partial charge on any atom is 0.573 e. The lowest BCUT2D eigenvalue weighted by atomic mass is 10.1. The van der Waals surface area contributed by atoms with E-state index >= 15 is 0 Å². The van der Waals surface area contributed by atoms with Crippen molar-refractivity contribution in [1.29, 1.82) is 0 Å². The summed E-state index contributed by atoms with van der Waals surface area (Å²) >= 11 is 6.11. The van der Waals surface area contributed by atoms with Crippen LogP contribution in [0.1, 0.15) is 11.1 Å². The average molecular weight is 495 g/mol. The normalized spacial score (nSPS) is 11.7. The first kappa shape index (κ1) is 23.4. The van der Waals surface area contributed by atoms with Crippen LogP contribution in [-0.4, -0.2) is 25.0 Å². The molecule has 0 aliphatic heterocycles. The van der Waals surface area contributed by atoms with E-state index in [2.05, 4.69) is 9.72 Å².